The monoisotopic (exact) mass is 528 g/mol. The molecule has 0 radical (unpaired) electrons. The molecule has 0 aromatic carbocycles. The van der Waals surface area contributed by atoms with Crippen molar-refractivity contribution in [3.8, 4) is 0 Å². The summed E-state index contributed by atoms with van der Waals surface area (Å²) in [6, 6.07) is 5.24. The first-order valence-electron chi connectivity index (χ1n) is 8.44. The number of thiophene rings is 1. The van der Waals surface area contributed by atoms with Gasteiger partial charge in [-0.3, -0.25) is 4.99 Å². The topological polar surface area (TPSA) is 74.2 Å². The van der Waals surface area contributed by atoms with Gasteiger partial charge in [0.25, 0.3) is 0 Å². The summed E-state index contributed by atoms with van der Waals surface area (Å²) in [5, 5.41) is 9.16. The molecular weight excluding hydrogens is 504 g/mol. The Kier molecular flexibility index (Phi) is 9.93. The Balaban J connectivity index is 0.00000392. The first kappa shape index (κ1) is 24.4. The average Bonchev–Trinajstić information content (AvgIpc) is 3.01. The minimum absolute atomic E-state index is 0. The van der Waals surface area contributed by atoms with Gasteiger partial charge < -0.3 is 16.0 Å². The number of hydrogen-bond acceptors (Lipinski definition) is 5. The van der Waals surface area contributed by atoms with E-state index in [0.29, 0.717) is 19.0 Å². The van der Waals surface area contributed by atoms with E-state index in [1.54, 1.807) is 18.4 Å². The first-order valence-corrected chi connectivity index (χ1v) is 9.26. The zero-order valence-corrected chi connectivity index (χ0v) is 18.9. The lowest BCUT2D eigenvalue weighted by Gasteiger charge is -2.17. The Hall–Kier alpha value is -1.63. The number of aliphatic imine (C=N–C) groups is 1. The highest BCUT2D eigenvalue weighted by molar-refractivity contribution is 14.0. The van der Waals surface area contributed by atoms with Crippen LogP contribution in [0.1, 0.15) is 22.4 Å². The van der Waals surface area contributed by atoms with E-state index in [1.807, 2.05) is 0 Å². The second kappa shape index (κ2) is 11.4. The number of rotatable bonds is 7. The van der Waals surface area contributed by atoms with Crippen molar-refractivity contribution in [3.63, 3.8) is 0 Å². The molecule has 0 saturated carbocycles. The Morgan fingerprint density at radius 3 is 2.61 bits per heavy atom. The van der Waals surface area contributed by atoms with Gasteiger partial charge in [-0.2, -0.15) is 13.2 Å². The van der Waals surface area contributed by atoms with Crippen LogP contribution in [0.3, 0.4) is 0 Å². The minimum atomic E-state index is -4.49. The minimum Gasteiger partial charge on any atom is -0.355 e. The molecule has 0 spiro atoms. The molecular formula is C17H24F3IN6S. The molecule has 0 fully saturated rings. The predicted octanol–water partition coefficient (Wildman–Crippen LogP) is 3.69. The van der Waals surface area contributed by atoms with E-state index in [0.717, 1.165) is 18.7 Å². The molecule has 1 atom stereocenters. The Morgan fingerprint density at radius 2 is 2.00 bits per heavy atom. The van der Waals surface area contributed by atoms with E-state index in [-0.39, 0.29) is 36.0 Å². The van der Waals surface area contributed by atoms with Crippen molar-refractivity contribution in [1.82, 2.24) is 20.6 Å². The second-order valence-electron chi connectivity index (χ2n) is 5.95. The van der Waals surface area contributed by atoms with Gasteiger partial charge in [0.05, 0.1) is 0 Å². The molecule has 0 aliphatic rings. The summed E-state index contributed by atoms with van der Waals surface area (Å²) in [5.41, 5.74) is -0.969. The number of nitrogens with zero attached hydrogens (tertiary/aromatic N) is 3. The molecule has 2 rings (SSSR count). The summed E-state index contributed by atoms with van der Waals surface area (Å²) < 4.78 is 37.9. The smallest absolute Gasteiger partial charge is 0.355 e. The lowest BCUT2D eigenvalue weighted by Crippen LogP contribution is -2.44. The van der Waals surface area contributed by atoms with Crippen LogP contribution < -0.4 is 16.0 Å². The number of hydrogen-bond donors (Lipinski definition) is 3. The fraction of sp³-hybridized carbons (Fsp3) is 0.471. The van der Waals surface area contributed by atoms with E-state index < -0.39 is 11.9 Å². The van der Waals surface area contributed by atoms with Crippen LogP contribution in [0.4, 0.5) is 19.1 Å². The number of halogens is 4. The van der Waals surface area contributed by atoms with Gasteiger partial charge >= 0.3 is 6.18 Å². The standard InChI is InChI=1S/C17H23F3N6S.HI/c1-11(10-13-5-4-12(2)27-13)25-15(21-3)23-8-9-24-16-22-7-6-14(26-16)17(18,19)20;/h4-7,11H,8-10H2,1-3H3,(H2,21,23,25)(H,22,24,26);1H. The van der Waals surface area contributed by atoms with Crippen LogP contribution >= 0.6 is 35.3 Å². The molecule has 6 nitrogen and oxygen atoms in total. The maximum absolute atomic E-state index is 12.6. The second-order valence-corrected chi connectivity index (χ2v) is 7.32. The van der Waals surface area contributed by atoms with Crippen molar-refractivity contribution in [2.75, 3.05) is 25.5 Å². The molecule has 0 saturated heterocycles. The van der Waals surface area contributed by atoms with Gasteiger partial charge in [0.15, 0.2) is 5.96 Å². The fourth-order valence-electron chi connectivity index (χ4n) is 2.33. The van der Waals surface area contributed by atoms with Gasteiger partial charge in [0.1, 0.15) is 5.69 Å². The number of nitrogens with one attached hydrogen (secondary N) is 3. The van der Waals surface area contributed by atoms with E-state index in [4.69, 9.17) is 0 Å². The number of aromatic nitrogens is 2. The number of alkyl halides is 3. The Morgan fingerprint density at radius 1 is 1.25 bits per heavy atom. The Labute approximate surface area is 183 Å². The van der Waals surface area contributed by atoms with E-state index in [2.05, 4.69) is 56.9 Å². The lowest BCUT2D eigenvalue weighted by molar-refractivity contribution is -0.141. The molecule has 11 heteroatoms. The van der Waals surface area contributed by atoms with Gasteiger partial charge in [-0.1, -0.05) is 0 Å². The van der Waals surface area contributed by atoms with Crippen molar-refractivity contribution < 1.29 is 13.2 Å². The third-order valence-electron chi connectivity index (χ3n) is 3.56. The lowest BCUT2D eigenvalue weighted by atomic mass is 10.2. The highest BCUT2D eigenvalue weighted by Gasteiger charge is 2.32. The summed E-state index contributed by atoms with van der Waals surface area (Å²) in [6.45, 7) is 4.94. The maximum atomic E-state index is 12.6. The zero-order chi connectivity index (χ0) is 19.9. The van der Waals surface area contributed by atoms with E-state index >= 15 is 0 Å². The summed E-state index contributed by atoms with van der Waals surface area (Å²) in [4.78, 5) is 14.0. The first-order chi connectivity index (χ1) is 12.8. The number of guanidine groups is 1. The summed E-state index contributed by atoms with van der Waals surface area (Å²) in [5.74, 6) is 0.568. The van der Waals surface area contributed by atoms with Crippen LogP contribution in [0, 0.1) is 6.92 Å². The van der Waals surface area contributed by atoms with Crippen molar-refractivity contribution in [2.45, 2.75) is 32.5 Å². The third kappa shape index (κ3) is 8.17. The molecule has 156 valence electrons. The summed E-state index contributed by atoms with van der Waals surface area (Å²) in [6.07, 6.45) is -2.52. The van der Waals surface area contributed by atoms with Crippen LogP contribution in [0.5, 0.6) is 0 Å². The van der Waals surface area contributed by atoms with Gasteiger partial charge in [-0.05, 0) is 32.0 Å². The van der Waals surface area contributed by atoms with Crippen LogP contribution in [-0.2, 0) is 12.6 Å². The van der Waals surface area contributed by atoms with E-state index in [9.17, 15) is 13.2 Å². The highest BCUT2D eigenvalue weighted by Crippen LogP contribution is 2.27. The number of anilines is 1. The molecule has 28 heavy (non-hydrogen) atoms. The zero-order valence-electron chi connectivity index (χ0n) is 15.8. The summed E-state index contributed by atoms with van der Waals surface area (Å²) >= 11 is 1.77. The largest absolute Gasteiger partial charge is 0.433 e. The quantitative estimate of drug-likeness (QED) is 0.221. The molecule has 2 heterocycles. The average molecular weight is 528 g/mol. The molecule has 0 amide bonds. The molecule has 2 aromatic rings. The normalized spacial score (nSPS) is 12.9. The van der Waals surface area contributed by atoms with Crippen molar-refractivity contribution in [3.05, 3.63) is 39.8 Å². The van der Waals surface area contributed by atoms with Gasteiger partial charge in [-0.25, -0.2) is 9.97 Å². The predicted molar refractivity (Wildman–Crippen MR) is 118 cm³/mol. The van der Waals surface area contributed by atoms with Crippen molar-refractivity contribution >= 4 is 47.2 Å². The van der Waals surface area contributed by atoms with Crippen molar-refractivity contribution in [1.29, 1.82) is 0 Å². The molecule has 0 aliphatic carbocycles. The van der Waals surface area contributed by atoms with Crippen LogP contribution in [0.25, 0.3) is 0 Å². The molecule has 3 N–H and O–H groups in total. The highest BCUT2D eigenvalue weighted by atomic mass is 127. The van der Waals surface area contributed by atoms with Crippen LogP contribution in [0.2, 0.25) is 0 Å². The summed E-state index contributed by atoms with van der Waals surface area (Å²) in [7, 11) is 1.67. The van der Waals surface area contributed by atoms with E-state index in [1.165, 1.54) is 9.75 Å². The van der Waals surface area contributed by atoms with Crippen LogP contribution in [-0.4, -0.2) is 42.1 Å². The molecule has 1 unspecified atom stereocenters. The number of aryl methyl sites for hydroxylation is 1. The van der Waals surface area contributed by atoms with Gasteiger partial charge in [-0.15, -0.1) is 35.3 Å². The maximum Gasteiger partial charge on any atom is 0.433 e. The van der Waals surface area contributed by atoms with Gasteiger partial charge in [0, 0.05) is 48.6 Å². The molecule has 0 bridgehead atoms. The Bertz CT molecular complexity index is 765. The van der Waals surface area contributed by atoms with Crippen LogP contribution in [0.15, 0.2) is 29.4 Å². The fourth-order valence-corrected chi connectivity index (χ4v) is 3.35. The van der Waals surface area contributed by atoms with Gasteiger partial charge in [0.2, 0.25) is 5.95 Å². The third-order valence-corrected chi connectivity index (χ3v) is 4.58. The molecule has 0 aliphatic heterocycles. The molecule has 2 aromatic heterocycles. The SMILES string of the molecule is CN=C(NCCNc1nccc(C(F)(F)F)n1)NC(C)Cc1ccc(C)s1.I. The van der Waals surface area contributed by atoms with Crippen molar-refractivity contribution in [2.24, 2.45) is 4.99 Å².